The van der Waals surface area contributed by atoms with Crippen molar-refractivity contribution in [2.24, 2.45) is 0 Å². The van der Waals surface area contributed by atoms with E-state index in [0.717, 1.165) is 49.1 Å². The van der Waals surface area contributed by atoms with E-state index >= 15 is 0 Å². The minimum Gasteiger partial charge on any atom is -0.398 e. The summed E-state index contributed by atoms with van der Waals surface area (Å²) in [6.07, 6.45) is 2.80. The van der Waals surface area contributed by atoms with E-state index in [9.17, 15) is 5.11 Å². The fourth-order valence-corrected chi connectivity index (χ4v) is 2.67. The number of hydrogen-bond acceptors (Lipinski definition) is 3. The molecule has 0 saturated carbocycles. The number of nitrogens with zero attached hydrogens (tertiary/aromatic N) is 1. The van der Waals surface area contributed by atoms with Crippen LogP contribution in [0.25, 0.3) is 0 Å². The lowest BCUT2D eigenvalue weighted by Crippen LogP contribution is -2.28. The number of nitrogen functional groups attached to an aromatic ring is 1. The van der Waals surface area contributed by atoms with Gasteiger partial charge in [-0.15, -0.1) is 0 Å². The Morgan fingerprint density at radius 3 is 2.89 bits per heavy atom. The van der Waals surface area contributed by atoms with Gasteiger partial charge in [-0.3, -0.25) is 4.90 Å². The van der Waals surface area contributed by atoms with Gasteiger partial charge < -0.3 is 10.8 Å². The monoisotopic (exact) mass is 312 g/mol. The Kier molecular flexibility index (Phi) is 4.30. The molecule has 1 aliphatic rings. The van der Waals surface area contributed by atoms with Gasteiger partial charge >= 0.3 is 0 Å². The highest BCUT2D eigenvalue weighted by atomic mass is 79.9. The smallest absolute Gasteiger partial charge is 0.0632 e. The van der Waals surface area contributed by atoms with Gasteiger partial charge in [-0.2, -0.15) is 0 Å². The minimum absolute atomic E-state index is 0.493. The van der Waals surface area contributed by atoms with E-state index in [0.29, 0.717) is 0 Å². The van der Waals surface area contributed by atoms with Crippen molar-refractivity contribution in [3.05, 3.63) is 28.2 Å². The first kappa shape index (κ1) is 13.8. The molecule has 2 rings (SSSR count). The molecule has 0 amide bonds. The quantitative estimate of drug-likeness (QED) is 0.826. The second-order valence-corrected chi connectivity index (χ2v) is 6.34. The van der Waals surface area contributed by atoms with Crippen LogP contribution >= 0.6 is 15.9 Å². The molecular formula is C14H21BrN2O. The van der Waals surface area contributed by atoms with Crippen LogP contribution in [0.4, 0.5) is 5.69 Å². The first-order valence-electron chi connectivity index (χ1n) is 6.45. The first-order chi connectivity index (χ1) is 8.46. The standard InChI is InChI=1S/C14H21BrN2O/c1-14(18)5-2-7-17(8-6-14)10-11-3-4-12(15)13(16)9-11/h3-4,9,18H,2,5-8,10,16H2,1H3. The van der Waals surface area contributed by atoms with E-state index in [2.05, 4.69) is 26.9 Å². The van der Waals surface area contributed by atoms with Crippen LogP contribution in [0.15, 0.2) is 22.7 Å². The largest absolute Gasteiger partial charge is 0.398 e. The van der Waals surface area contributed by atoms with Crippen molar-refractivity contribution >= 4 is 21.6 Å². The number of anilines is 1. The predicted octanol–water partition coefficient (Wildman–Crippen LogP) is 2.77. The second kappa shape index (κ2) is 5.59. The van der Waals surface area contributed by atoms with Crippen LogP contribution in [-0.2, 0) is 6.54 Å². The molecule has 100 valence electrons. The van der Waals surface area contributed by atoms with Crippen LogP contribution < -0.4 is 5.73 Å². The molecule has 1 unspecified atom stereocenters. The molecule has 0 spiro atoms. The summed E-state index contributed by atoms with van der Waals surface area (Å²) in [4.78, 5) is 2.39. The molecule has 1 heterocycles. The van der Waals surface area contributed by atoms with Gasteiger partial charge in [0.25, 0.3) is 0 Å². The Morgan fingerprint density at radius 1 is 1.39 bits per heavy atom. The van der Waals surface area contributed by atoms with Crippen molar-refractivity contribution in [3.8, 4) is 0 Å². The third-order valence-electron chi connectivity index (χ3n) is 3.62. The molecule has 18 heavy (non-hydrogen) atoms. The Hall–Kier alpha value is -0.580. The van der Waals surface area contributed by atoms with Gasteiger partial charge in [0.15, 0.2) is 0 Å². The summed E-state index contributed by atoms with van der Waals surface area (Å²) >= 11 is 3.41. The summed E-state index contributed by atoms with van der Waals surface area (Å²) in [7, 11) is 0. The molecule has 3 N–H and O–H groups in total. The molecule has 1 saturated heterocycles. The molecule has 4 heteroatoms. The molecule has 1 aliphatic heterocycles. The molecule has 0 aromatic heterocycles. The number of aliphatic hydroxyl groups is 1. The summed E-state index contributed by atoms with van der Waals surface area (Å²) < 4.78 is 0.949. The number of halogens is 1. The van der Waals surface area contributed by atoms with E-state index in [4.69, 9.17) is 5.73 Å². The summed E-state index contributed by atoms with van der Waals surface area (Å²) in [5.74, 6) is 0. The summed E-state index contributed by atoms with van der Waals surface area (Å²) in [5.41, 5.74) is 7.42. The average molecular weight is 313 g/mol. The Labute approximate surface area is 117 Å². The fourth-order valence-electron chi connectivity index (χ4n) is 2.43. The van der Waals surface area contributed by atoms with Crippen LogP contribution in [0.2, 0.25) is 0 Å². The highest BCUT2D eigenvalue weighted by molar-refractivity contribution is 9.10. The van der Waals surface area contributed by atoms with Gasteiger partial charge in [0.05, 0.1) is 5.60 Å². The highest BCUT2D eigenvalue weighted by Crippen LogP contribution is 2.24. The normalized spacial score (nSPS) is 25.9. The number of hydrogen-bond donors (Lipinski definition) is 2. The van der Waals surface area contributed by atoms with Gasteiger partial charge in [0.2, 0.25) is 0 Å². The fraction of sp³-hybridized carbons (Fsp3) is 0.571. The van der Waals surface area contributed by atoms with Gasteiger partial charge in [-0.05, 0) is 66.4 Å². The lowest BCUT2D eigenvalue weighted by molar-refractivity contribution is 0.0444. The van der Waals surface area contributed by atoms with Crippen LogP contribution in [-0.4, -0.2) is 28.7 Å². The van der Waals surface area contributed by atoms with Gasteiger partial charge in [0, 0.05) is 23.2 Å². The van der Waals surface area contributed by atoms with Gasteiger partial charge in [-0.1, -0.05) is 6.07 Å². The maximum Gasteiger partial charge on any atom is 0.0632 e. The lowest BCUT2D eigenvalue weighted by atomic mass is 9.98. The molecule has 0 aliphatic carbocycles. The molecule has 1 aromatic rings. The van der Waals surface area contributed by atoms with Crippen LogP contribution in [0.5, 0.6) is 0 Å². The number of likely N-dealkylation sites (tertiary alicyclic amines) is 1. The van der Waals surface area contributed by atoms with E-state index in [1.165, 1.54) is 5.56 Å². The number of nitrogens with two attached hydrogens (primary N) is 1. The van der Waals surface area contributed by atoms with Crippen molar-refractivity contribution in [2.75, 3.05) is 18.8 Å². The van der Waals surface area contributed by atoms with Crippen molar-refractivity contribution in [3.63, 3.8) is 0 Å². The van der Waals surface area contributed by atoms with Crippen molar-refractivity contribution in [2.45, 2.75) is 38.3 Å². The molecule has 0 radical (unpaired) electrons. The lowest BCUT2D eigenvalue weighted by Gasteiger charge is -2.22. The third kappa shape index (κ3) is 3.70. The predicted molar refractivity (Wildman–Crippen MR) is 78.3 cm³/mol. The third-order valence-corrected chi connectivity index (χ3v) is 4.35. The minimum atomic E-state index is -0.493. The van der Waals surface area contributed by atoms with Crippen LogP contribution in [0, 0.1) is 0 Å². The summed E-state index contributed by atoms with van der Waals surface area (Å²) in [5, 5.41) is 10.1. The zero-order valence-corrected chi connectivity index (χ0v) is 12.4. The highest BCUT2D eigenvalue weighted by Gasteiger charge is 2.24. The zero-order valence-electron chi connectivity index (χ0n) is 10.8. The SMILES string of the molecule is CC1(O)CCCN(Cc2ccc(Br)c(N)c2)CC1. The average Bonchev–Trinajstić information content (AvgIpc) is 2.46. The Morgan fingerprint density at radius 2 is 2.17 bits per heavy atom. The summed E-state index contributed by atoms with van der Waals surface area (Å²) in [6.45, 7) is 4.84. The van der Waals surface area contributed by atoms with E-state index in [1.807, 2.05) is 19.1 Å². The number of rotatable bonds is 2. The van der Waals surface area contributed by atoms with Crippen molar-refractivity contribution in [1.82, 2.24) is 4.90 Å². The van der Waals surface area contributed by atoms with E-state index in [1.54, 1.807) is 0 Å². The molecule has 3 nitrogen and oxygen atoms in total. The summed E-state index contributed by atoms with van der Waals surface area (Å²) in [6, 6.07) is 6.12. The Balaban J connectivity index is 1.98. The maximum absolute atomic E-state index is 10.1. The molecule has 1 aromatic carbocycles. The Bertz CT molecular complexity index is 420. The molecule has 1 atom stereocenters. The topological polar surface area (TPSA) is 49.5 Å². The van der Waals surface area contributed by atoms with Crippen molar-refractivity contribution < 1.29 is 5.11 Å². The van der Waals surface area contributed by atoms with Crippen molar-refractivity contribution in [1.29, 1.82) is 0 Å². The van der Waals surface area contributed by atoms with Crippen LogP contribution in [0.3, 0.4) is 0 Å². The first-order valence-corrected chi connectivity index (χ1v) is 7.24. The maximum atomic E-state index is 10.1. The van der Waals surface area contributed by atoms with E-state index in [-0.39, 0.29) is 0 Å². The van der Waals surface area contributed by atoms with Gasteiger partial charge in [-0.25, -0.2) is 0 Å². The molecular weight excluding hydrogens is 292 g/mol. The van der Waals surface area contributed by atoms with Crippen LogP contribution in [0.1, 0.15) is 31.7 Å². The zero-order chi connectivity index (χ0) is 13.2. The van der Waals surface area contributed by atoms with E-state index < -0.39 is 5.60 Å². The number of benzene rings is 1. The molecule has 1 fully saturated rings. The second-order valence-electron chi connectivity index (χ2n) is 5.48. The van der Waals surface area contributed by atoms with Gasteiger partial charge in [0.1, 0.15) is 0 Å². The molecule has 0 bridgehead atoms.